The molecule has 0 spiro atoms. The summed E-state index contributed by atoms with van der Waals surface area (Å²) < 4.78 is 0. The van der Waals surface area contributed by atoms with Gasteiger partial charge in [-0.3, -0.25) is 14.5 Å². The lowest BCUT2D eigenvalue weighted by atomic mass is 10.1. The molecule has 0 bridgehead atoms. The summed E-state index contributed by atoms with van der Waals surface area (Å²) in [5, 5.41) is 13.5. The Kier molecular flexibility index (Phi) is 6.38. The van der Waals surface area contributed by atoms with Crippen LogP contribution in [0.5, 0.6) is 0 Å². The van der Waals surface area contributed by atoms with Crippen molar-refractivity contribution < 1.29 is 14.7 Å². The van der Waals surface area contributed by atoms with Crippen molar-refractivity contribution in [3.05, 3.63) is 34.9 Å². The summed E-state index contributed by atoms with van der Waals surface area (Å²) in [5.74, 6) is -0.337. The average Bonchev–Trinajstić information content (AvgIpc) is 2.54. The second kappa shape index (κ2) is 8.29. The molecule has 1 fully saturated rings. The van der Waals surface area contributed by atoms with E-state index in [9.17, 15) is 14.7 Å². The molecule has 6 nitrogen and oxygen atoms in total. The molecule has 1 saturated heterocycles. The van der Waals surface area contributed by atoms with Gasteiger partial charge in [-0.25, -0.2) is 0 Å². The monoisotopic (exact) mass is 339 g/mol. The molecule has 0 aliphatic carbocycles. The van der Waals surface area contributed by atoms with E-state index in [0.29, 0.717) is 49.9 Å². The molecule has 1 atom stereocenters. The molecule has 0 aromatic heterocycles. The number of hydrogen-bond donors (Lipinski definition) is 2. The number of piperazine rings is 1. The molecule has 0 unspecified atom stereocenters. The number of nitrogens with zero attached hydrogens (tertiary/aromatic N) is 2. The highest BCUT2D eigenvalue weighted by Crippen LogP contribution is 2.20. The largest absolute Gasteiger partial charge is 0.378 e. The predicted octanol–water partition coefficient (Wildman–Crippen LogP) is 0.654. The molecule has 126 valence electrons. The van der Waals surface area contributed by atoms with Crippen molar-refractivity contribution >= 4 is 23.4 Å². The van der Waals surface area contributed by atoms with Crippen LogP contribution in [0.1, 0.15) is 18.6 Å². The van der Waals surface area contributed by atoms with Crippen molar-refractivity contribution in [1.82, 2.24) is 15.1 Å². The Morgan fingerprint density at radius 2 is 2.00 bits per heavy atom. The van der Waals surface area contributed by atoms with E-state index in [-0.39, 0.29) is 11.8 Å². The summed E-state index contributed by atoms with van der Waals surface area (Å²) in [6.07, 6.45) is -1.20. The van der Waals surface area contributed by atoms with Crippen LogP contribution >= 0.6 is 11.6 Å². The maximum Gasteiger partial charge on any atom is 0.256 e. The minimum atomic E-state index is -1.20. The third kappa shape index (κ3) is 4.92. The number of likely N-dealkylation sites (N-methyl/N-ethyl adjacent to an activating group) is 1. The van der Waals surface area contributed by atoms with Gasteiger partial charge in [0.1, 0.15) is 0 Å². The zero-order chi connectivity index (χ0) is 16.8. The van der Waals surface area contributed by atoms with E-state index in [0.717, 1.165) is 0 Å². The Balaban J connectivity index is 1.87. The standard InChI is InChI=1S/C16H22ClN3O3/c1-2-18-14(21)11-19-6-8-20(9-7-19)16(23)15(22)12-4-3-5-13(17)10-12/h3-5,10,15,22H,2,6-9,11H2,1H3,(H,18,21)/t15-/m1/s1. The number of carbonyl (C=O) groups is 2. The lowest BCUT2D eigenvalue weighted by Gasteiger charge is -2.35. The Morgan fingerprint density at radius 3 is 2.61 bits per heavy atom. The first-order chi connectivity index (χ1) is 11.0. The molecule has 2 rings (SSSR count). The molecule has 1 aromatic rings. The topological polar surface area (TPSA) is 72.9 Å². The van der Waals surface area contributed by atoms with Gasteiger partial charge in [0.2, 0.25) is 5.91 Å². The van der Waals surface area contributed by atoms with Gasteiger partial charge in [0.05, 0.1) is 6.54 Å². The molecule has 2 N–H and O–H groups in total. The molecule has 1 aliphatic heterocycles. The lowest BCUT2D eigenvalue weighted by Crippen LogP contribution is -2.52. The van der Waals surface area contributed by atoms with Crippen molar-refractivity contribution in [2.75, 3.05) is 39.3 Å². The molecule has 0 radical (unpaired) electrons. The highest BCUT2D eigenvalue weighted by molar-refractivity contribution is 6.30. The van der Waals surface area contributed by atoms with Crippen LogP contribution in [0.15, 0.2) is 24.3 Å². The maximum absolute atomic E-state index is 12.4. The molecular formula is C16H22ClN3O3. The van der Waals surface area contributed by atoms with Crippen molar-refractivity contribution in [3.63, 3.8) is 0 Å². The van der Waals surface area contributed by atoms with Crippen LogP contribution < -0.4 is 5.32 Å². The van der Waals surface area contributed by atoms with Gasteiger partial charge in [-0.2, -0.15) is 0 Å². The van der Waals surface area contributed by atoms with Crippen LogP contribution in [0.25, 0.3) is 0 Å². The molecule has 0 saturated carbocycles. The van der Waals surface area contributed by atoms with Crippen molar-refractivity contribution in [1.29, 1.82) is 0 Å². The number of benzene rings is 1. The number of aliphatic hydroxyl groups excluding tert-OH is 1. The first-order valence-electron chi connectivity index (χ1n) is 7.72. The number of carbonyl (C=O) groups excluding carboxylic acids is 2. The summed E-state index contributed by atoms with van der Waals surface area (Å²) in [6, 6.07) is 6.68. The molecule has 1 aromatic carbocycles. The molecule has 7 heteroatoms. The number of rotatable bonds is 5. The highest BCUT2D eigenvalue weighted by atomic mass is 35.5. The van der Waals surface area contributed by atoms with Gasteiger partial charge in [-0.15, -0.1) is 0 Å². The van der Waals surface area contributed by atoms with E-state index >= 15 is 0 Å². The second-order valence-corrected chi connectivity index (χ2v) is 5.95. The molecule has 23 heavy (non-hydrogen) atoms. The second-order valence-electron chi connectivity index (χ2n) is 5.51. The number of amides is 2. The molecule has 2 amide bonds. The van der Waals surface area contributed by atoms with Crippen LogP contribution in [0.2, 0.25) is 5.02 Å². The smallest absolute Gasteiger partial charge is 0.256 e. The average molecular weight is 340 g/mol. The van der Waals surface area contributed by atoms with E-state index < -0.39 is 6.10 Å². The summed E-state index contributed by atoms with van der Waals surface area (Å²) in [6.45, 7) is 5.06. The van der Waals surface area contributed by atoms with Gasteiger partial charge in [0, 0.05) is 37.7 Å². The van der Waals surface area contributed by atoms with Gasteiger partial charge in [0.25, 0.3) is 5.91 Å². The third-order valence-corrected chi connectivity index (χ3v) is 4.06. The van der Waals surface area contributed by atoms with Crippen molar-refractivity contribution in [3.8, 4) is 0 Å². The fourth-order valence-corrected chi connectivity index (χ4v) is 2.77. The Bertz CT molecular complexity index is 559. The quantitative estimate of drug-likeness (QED) is 0.826. The zero-order valence-electron chi connectivity index (χ0n) is 13.2. The Labute approximate surface area is 141 Å². The van der Waals surface area contributed by atoms with Crippen LogP contribution in [-0.2, 0) is 9.59 Å². The maximum atomic E-state index is 12.4. The molecule has 1 heterocycles. The fourth-order valence-electron chi connectivity index (χ4n) is 2.57. The van der Waals surface area contributed by atoms with Crippen LogP contribution in [0, 0.1) is 0 Å². The molecule has 1 aliphatic rings. The van der Waals surface area contributed by atoms with E-state index in [1.165, 1.54) is 0 Å². The summed E-state index contributed by atoms with van der Waals surface area (Å²) in [5.41, 5.74) is 0.493. The summed E-state index contributed by atoms with van der Waals surface area (Å²) >= 11 is 5.89. The van der Waals surface area contributed by atoms with Gasteiger partial charge >= 0.3 is 0 Å². The number of hydrogen-bond acceptors (Lipinski definition) is 4. The van der Waals surface area contributed by atoms with Gasteiger partial charge in [-0.1, -0.05) is 23.7 Å². The Morgan fingerprint density at radius 1 is 1.30 bits per heavy atom. The summed E-state index contributed by atoms with van der Waals surface area (Å²) in [4.78, 5) is 27.6. The first-order valence-corrected chi connectivity index (χ1v) is 8.10. The highest BCUT2D eigenvalue weighted by Gasteiger charge is 2.27. The van der Waals surface area contributed by atoms with E-state index in [4.69, 9.17) is 11.6 Å². The van der Waals surface area contributed by atoms with Gasteiger partial charge in [-0.05, 0) is 24.6 Å². The van der Waals surface area contributed by atoms with Gasteiger partial charge in [0.15, 0.2) is 6.10 Å². The van der Waals surface area contributed by atoms with Crippen molar-refractivity contribution in [2.45, 2.75) is 13.0 Å². The van der Waals surface area contributed by atoms with Crippen molar-refractivity contribution in [2.24, 2.45) is 0 Å². The minimum absolute atomic E-state index is 0.00811. The Hall–Kier alpha value is -1.63. The van der Waals surface area contributed by atoms with Crippen LogP contribution in [0.3, 0.4) is 0 Å². The van der Waals surface area contributed by atoms with Gasteiger partial charge < -0.3 is 15.3 Å². The summed E-state index contributed by atoms with van der Waals surface area (Å²) in [7, 11) is 0. The lowest BCUT2D eigenvalue weighted by molar-refractivity contribution is -0.142. The minimum Gasteiger partial charge on any atom is -0.378 e. The number of nitrogens with one attached hydrogen (secondary N) is 1. The zero-order valence-corrected chi connectivity index (χ0v) is 13.9. The SMILES string of the molecule is CCNC(=O)CN1CCN(C(=O)[C@H](O)c2cccc(Cl)c2)CC1. The van der Waals surface area contributed by atoms with Crippen LogP contribution in [0.4, 0.5) is 0 Å². The molecular weight excluding hydrogens is 318 g/mol. The van der Waals surface area contributed by atoms with E-state index in [1.54, 1.807) is 29.2 Å². The normalized spacial score (nSPS) is 16.9. The first kappa shape index (κ1) is 17.7. The fraction of sp³-hybridized carbons (Fsp3) is 0.500. The number of aliphatic hydroxyl groups is 1. The third-order valence-electron chi connectivity index (χ3n) is 3.82. The van der Waals surface area contributed by atoms with E-state index in [1.807, 2.05) is 11.8 Å². The van der Waals surface area contributed by atoms with Crippen LogP contribution in [-0.4, -0.2) is 66.0 Å². The number of halogens is 1. The van der Waals surface area contributed by atoms with E-state index in [2.05, 4.69) is 5.32 Å². The predicted molar refractivity (Wildman–Crippen MR) is 88.1 cm³/mol.